The molecule has 2 aromatic rings. The average molecular weight is 445 g/mol. The highest BCUT2D eigenvalue weighted by Crippen LogP contribution is 2.26. The molecule has 0 radical (unpaired) electrons. The van der Waals surface area contributed by atoms with Gasteiger partial charge in [-0.05, 0) is 60.9 Å². The highest BCUT2D eigenvalue weighted by Gasteiger charge is 2.21. The van der Waals surface area contributed by atoms with Gasteiger partial charge in [-0.3, -0.25) is 4.79 Å². The molecule has 8 heteroatoms. The fourth-order valence-electron chi connectivity index (χ4n) is 3.58. The van der Waals surface area contributed by atoms with Gasteiger partial charge in [0.15, 0.2) is 11.5 Å². The second-order valence-corrected chi connectivity index (χ2v) is 9.50. The number of rotatable bonds is 6. The molecule has 0 bridgehead atoms. The first-order chi connectivity index (χ1) is 14.8. The molecule has 3 N–H and O–H groups in total. The Hall–Kier alpha value is -2.84. The lowest BCUT2D eigenvalue weighted by Gasteiger charge is -2.18. The third-order valence-corrected chi connectivity index (χ3v) is 7.00. The van der Waals surface area contributed by atoms with Crippen LogP contribution in [0.25, 0.3) is 6.08 Å². The van der Waals surface area contributed by atoms with Crippen molar-refractivity contribution in [3.63, 3.8) is 0 Å². The second-order valence-electron chi connectivity index (χ2n) is 7.78. The minimum atomic E-state index is -3.60. The predicted octanol–water partition coefficient (Wildman–Crippen LogP) is 3.78. The number of sulfonamides is 1. The molecule has 1 aliphatic carbocycles. The van der Waals surface area contributed by atoms with E-state index in [4.69, 9.17) is 0 Å². The molecule has 166 valence electrons. The second kappa shape index (κ2) is 9.98. The molecule has 0 aromatic heterocycles. The van der Waals surface area contributed by atoms with Crippen molar-refractivity contribution in [1.82, 2.24) is 4.72 Å². The first kappa shape index (κ1) is 22.8. The van der Waals surface area contributed by atoms with Gasteiger partial charge in [-0.1, -0.05) is 31.7 Å². The van der Waals surface area contributed by atoms with E-state index in [0.717, 1.165) is 38.5 Å². The van der Waals surface area contributed by atoms with Gasteiger partial charge in [-0.15, -0.1) is 0 Å². The molecule has 7 nitrogen and oxygen atoms in total. The van der Waals surface area contributed by atoms with E-state index in [2.05, 4.69) is 4.72 Å². The van der Waals surface area contributed by atoms with Crippen molar-refractivity contribution >= 4 is 27.7 Å². The van der Waals surface area contributed by atoms with Crippen LogP contribution in [-0.2, 0) is 14.8 Å². The van der Waals surface area contributed by atoms with E-state index < -0.39 is 10.0 Å². The van der Waals surface area contributed by atoms with E-state index >= 15 is 0 Å². The summed E-state index contributed by atoms with van der Waals surface area (Å²) in [4.78, 5) is 14.0. The minimum absolute atomic E-state index is 0.0269. The van der Waals surface area contributed by atoms with E-state index in [1.54, 1.807) is 25.2 Å². The Balaban J connectivity index is 1.65. The van der Waals surface area contributed by atoms with Crippen LogP contribution >= 0.6 is 0 Å². The molecule has 3 rings (SSSR count). The summed E-state index contributed by atoms with van der Waals surface area (Å²) in [6.07, 6.45) is 8.95. The van der Waals surface area contributed by atoms with Crippen molar-refractivity contribution in [3.8, 4) is 11.5 Å². The minimum Gasteiger partial charge on any atom is -0.504 e. The summed E-state index contributed by atoms with van der Waals surface area (Å²) in [6, 6.07) is 10.4. The smallest absolute Gasteiger partial charge is 0.250 e. The lowest BCUT2D eigenvalue weighted by Crippen LogP contribution is -2.34. The molecular weight excluding hydrogens is 416 g/mol. The zero-order valence-electron chi connectivity index (χ0n) is 17.5. The summed E-state index contributed by atoms with van der Waals surface area (Å²) >= 11 is 0. The molecule has 0 aliphatic heterocycles. The van der Waals surface area contributed by atoms with Gasteiger partial charge in [-0.25, -0.2) is 13.1 Å². The summed E-state index contributed by atoms with van der Waals surface area (Å²) in [6.45, 7) is 0. The quantitative estimate of drug-likeness (QED) is 0.357. The van der Waals surface area contributed by atoms with Gasteiger partial charge in [-0.2, -0.15) is 0 Å². The fourth-order valence-corrected chi connectivity index (χ4v) is 4.89. The van der Waals surface area contributed by atoms with Crippen LogP contribution in [0.4, 0.5) is 5.69 Å². The van der Waals surface area contributed by atoms with Crippen LogP contribution in [0, 0.1) is 0 Å². The Morgan fingerprint density at radius 2 is 1.65 bits per heavy atom. The number of likely N-dealkylation sites (N-methyl/N-ethyl adjacent to an activating group) is 1. The molecule has 1 aliphatic rings. The largest absolute Gasteiger partial charge is 0.504 e. The number of nitrogens with zero attached hydrogens (tertiary/aromatic N) is 1. The Bertz CT molecular complexity index is 1040. The van der Waals surface area contributed by atoms with E-state index in [9.17, 15) is 23.4 Å². The summed E-state index contributed by atoms with van der Waals surface area (Å²) < 4.78 is 28.2. The van der Waals surface area contributed by atoms with Crippen molar-refractivity contribution < 1.29 is 23.4 Å². The van der Waals surface area contributed by atoms with Crippen molar-refractivity contribution in [2.45, 2.75) is 49.5 Å². The maximum atomic E-state index is 12.7. The molecule has 0 atom stereocenters. The molecule has 2 aromatic carbocycles. The molecule has 0 spiro atoms. The van der Waals surface area contributed by atoms with Crippen molar-refractivity contribution in [1.29, 1.82) is 0 Å². The van der Waals surface area contributed by atoms with Crippen LogP contribution in [0.3, 0.4) is 0 Å². The molecule has 1 saturated carbocycles. The van der Waals surface area contributed by atoms with Gasteiger partial charge in [0.05, 0.1) is 4.90 Å². The molecule has 0 heterocycles. The van der Waals surface area contributed by atoms with Gasteiger partial charge < -0.3 is 15.1 Å². The number of amides is 1. The van der Waals surface area contributed by atoms with Gasteiger partial charge in [0.25, 0.3) is 5.91 Å². The number of nitrogens with one attached hydrogen (secondary N) is 1. The van der Waals surface area contributed by atoms with Gasteiger partial charge >= 0.3 is 0 Å². The maximum Gasteiger partial charge on any atom is 0.250 e. The van der Waals surface area contributed by atoms with Crippen molar-refractivity contribution in [2.24, 2.45) is 0 Å². The first-order valence-electron chi connectivity index (χ1n) is 10.4. The summed E-state index contributed by atoms with van der Waals surface area (Å²) in [5.41, 5.74) is 1.11. The lowest BCUT2D eigenvalue weighted by atomic mass is 10.1. The molecular formula is C23H28N2O5S. The fraction of sp³-hybridized carbons (Fsp3) is 0.348. The Kier molecular flexibility index (Phi) is 7.35. The van der Waals surface area contributed by atoms with Crippen LogP contribution in [0.15, 0.2) is 53.4 Å². The average Bonchev–Trinajstić information content (AvgIpc) is 3.02. The Morgan fingerprint density at radius 3 is 2.26 bits per heavy atom. The molecule has 31 heavy (non-hydrogen) atoms. The van der Waals surface area contributed by atoms with Crippen LogP contribution in [0.2, 0.25) is 0 Å². The third-order valence-electron chi connectivity index (χ3n) is 5.46. The Morgan fingerprint density at radius 1 is 1.00 bits per heavy atom. The van der Waals surface area contributed by atoms with Crippen LogP contribution in [-0.4, -0.2) is 37.6 Å². The summed E-state index contributed by atoms with van der Waals surface area (Å²) in [7, 11) is -2.01. The summed E-state index contributed by atoms with van der Waals surface area (Å²) in [5.74, 6) is -0.818. The number of hydrogen-bond acceptors (Lipinski definition) is 5. The van der Waals surface area contributed by atoms with Crippen LogP contribution in [0.5, 0.6) is 11.5 Å². The number of benzene rings is 2. The monoisotopic (exact) mass is 444 g/mol. The maximum absolute atomic E-state index is 12.7. The number of anilines is 1. The lowest BCUT2D eigenvalue weighted by molar-refractivity contribution is -0.113. The van der Waals surface area contributed by atoms with Crippen LogP contribution < -0.4 is 9.62 Å². The van der Waals surface area contributed by atoms with Gasteiger partial charge in [0, 0.05) is 24.9 Å². The van der Waals surface area contributed by atoms with E-state index in [1.807, 2.05) is 0 Å². The molecule has 1 amide bonds. The Labute approximate surface area is 183 Å². The third kappa shape index (κ3) is 6.08. The number of phenols is 2. The zero-order chi connectivity index (χ0) is 22.4. The summed E-state index contributed by atoms with van der Waals surface area (Å²) in [5, 5.41) is 18.9. The molecule has 0 unspecified atom stereocenters. The topological polar surface area (TPSA) is 107 Å². The predicted molar refractivity (Wildman–Crippen MR) is 120 cm³/mol. The van der Waals surface area contributed by atoms with Gasteiger partial charge in [0.1, 0.15) is 0 Å². The molecule has 1 fully saturated rings. The van der Waals surface area contributed by atoms with Gasteiger partial charge in [0.2, 0.25) is 10.0 Å². The highest BCUT2D eigenvalue weighted by molar-refractivity contribution is 7.89. The highest BCUT2D eigenvalue weighted by atomic mass is 32.2. The van der Waals surface area contributed by atoms with E-state index in [0.29, 0.717) is 11.3 Å². The zero-order valence-corrected chi connectivity index (χ0v) is 18.3. The van der Waals surface area contributed by atoms with Crippen molar-refractivity contribution in [2.75, 3.05) is 11.9 Å². The number of carbonyl (C=O) groups excluding carboxylic acids is 1. The van der Waals surface area contributed by atoms with Crippen molar-refractivity contribution in [3.05, 3.63) is 54.1 Å². The number of aromatic hydroxyl groups is 2. The van der Waals surface area contributed by atoms with E-state index in [1.165, 1.54) is 41.3 Å². The molecule has 0 saturated heterocycles. The van der Waals surface area contributed by atoms with Crippen LogP contribution in [0.1, 0.15) is 44.1 Å². The normalized spacial score (nSPS) is 15.6. The first-order valence-corrected chi connectivity index (χ1v) is 11.8. The SMILES string of the molecule is CN(C(=O)C=Cc1ccc(O)c(O)c1)c1ccc(S(=O)(=O)NC2CCCCCC2)cc1. The van der Waals surface area contributed by atoms with E-state index in [-0.39, 0.29) is 28.3 Å². The number of phenolic OH excluding ortho intramolecular Hbond substituents is 2. The number of carbonyl (C=O) groups is 1. The standard InChI is InChI=1S/C23H28N2O5S/c1-25(23(28)15-9-17-8-14-21(26)22(27)16-17)19-10-12-20(13-11-19)31(29,30)24-18-6-4-2-3-5-7-18/h8-16,18,24,26-27H,2-7H2,1H3. The number of hydrogen-bond donors (Lipinski definition) is 3.